The van der Waals surface area contributed by atoms with Crippen LogP contribution in [0, 0.1) is 0 Å². The van der Waals surface area contributed by atoms with Crippen molar-refractivity contribution in [2.75, 3.05) is 0 Å². The number of nitrogens with one attached hydrogen (secondary N) is 1. The van der Waals surface area contributed by atoms with Gasteiger partial charge in [-0.1, -0.05) is 30.3 Å². The summed E-state index contributed by atoms with van der Waals surface area (Å²) in [5, 5.41) is 19.8. The average molecular weight is 253 g/mol. The molecule has 0 aliphatic rings. The molecule has 0 radical (unpaired) electrons. The van der Waals surface area contributed by atoms with Gasteiger partial charge in [0, 0.05) is 17.0 Å². The number of rotatable bonds is 1. The fourth-order valence-electron chi connectivity index (χ4n) is 2.08. The number of hydrogen-bond donors (Lipinski definition) is 3. The Labute approximate surface area is 108 Å². The SMILES string of the molecule is O=c1c(O)c(-c2ccccc2)[nH]c2cc(O)ccc12. The van der Waals surface area contributed by atoms with Gasteiger partial charge in [-0.15, -0.1) is 0 Å². The van der Waals surface area contributed by atoms with Gasteiger partial charge in [0.25, 0.3) is 0 Å². The number of H-pyrrole nitrogens is 1. The van der Waals surface area contributed by atoms with Crippen molar-refractivity contribution in [1.29, 1.82) is 0 Å². The average Bonchev–Trinajstić information content (AvgIpc) is 2.43. The van der Waals surface area contributed by atoms with Crippen molar-refractivity contribution < 1.29 is 10.2 Å². The first-order valence-corrected chi connectivity index (χ1v) is 5.80. The molecule has 3 rings (SSSR count). The molecular formula is C15H11NO3. The Kier molecular flexibility index (Phi) is 2.49. The molecule has 0 atom stereocenters. The zero-order valence-corrected chi connectivity index (χ0v) is 9.92. The highest BCUT2D eigenvalue weighted by atomic mass is 16.3. The Morgan fingerprint density at radius 2 is 1.68 bits per heavy atom. The Morgan fingerprint density at radius 3 is 2.42 bits per heavy atom. The van der Waals surface area contributed by atoms with Crippen LogP contribution in [0.5, 0.6) is 11.5 Å². The maximum atomic E-state index is 12.1. The molecule has 0 fully saturated rings. The molecule has 19 heavy (non-hydrogen) atoms. The molecule has 2 aromatic carbocycles. The van der Waals surface area contributed by atoms with E-state index >= 15 is 0 Å². The number of aromatic hydroxyl groups is 2. The van der Waals surface area contributed by atoms with E-state index in [2.05, 4.69) is 4.98 Å². The van der Waals surface area contributed by atoms with Crippen molar-refractivity contribution in [3.8, 4) is 22.8 Å². The van der Waals surface area contributed by atoms with Crippen LogP contribution in [0.25, 0.3) is 22.2 Å². The van der Waals surface area contributed by atoms with Crippen LogP contribution in [0.1, 0.15) is 0 Å². The number of aromatic nitrogens is 1. The van der Waals surface area contributed by atoms with Crippen molar-refractivity contribution in [2.45, 2.75) is 0 Å². The first-order chi connectivity index (χ1) is 9.16. The molecule has 0 unspecified atom stereocenters. The number of pyridine rings is 1. The quantitative estimate of drug-likeness (QED) is 0.624. The number of fused-ring (bicyclic) bond motifs is 1. The van der Waals surface area contributed by atoms with Gasteiger partial charge < -0.3 is 15.2 Å². The predicted molar refractivity (Wildman–Crippen MR) is 73.3 cm³/mol. The number of hydrogen-bond acceptors (Lipinski definition) is 3. The topological polar surface area (TPSA) is 73.3 Å². The van der Waals surface area contributed by atoms with Gasteiger partial charge in [0.15, 0.2) is 5.75 Å². The highest BCUT2D eigenvalue weighted by molar-refractivity contribution is 5.85. The summed E-state index contributed by atoms with van der Waals surface area (Å²) in [5.74, 6) is -0.253. The van der Waals surface area contributed by atoms with Gasteiger partial charge >= 0.3 is 0 Å². The summed E-state index contributed by atoms with van der Waals surface area (Å²) in [4.78, 5) is 15.1. The standard InChI is InChI=1S/C15H11NO3/c17-10-6-7-11-12(8-10)16-13(15(19)14(11)18)9-4-2-1-3-5-9/h1-8,17,19H,(H,16,18). The summed E-state index contributed by atoms with van der Waals surface area (Å²) in [7, 11) is 0. The van der Waals surface area contributed by atoms with E-state index in [0.29, 0.717) is 22.2 Å². The normalized spacial score (nSPS) is 10.7. The lowest BCUT2D eigenvalue weighted by molar-refractivity contribution is 0.470. The monoisotopic (exact) mass is 253 g/mol. The first-order valence-electron chi connectivity index (χ1n) is 5.80. The van der Waals surface area contributed by atoms with Crippen molar-refractivity contribution in [1.82, 2.24) is 4.98 Å². The van der Waals surface area contributed by atoms with Crippen LogP contribution < -0.4 is 5.43 Å². The Morgan fingerprint density at radius 1 is 0.947 bits per heavy atom. The fraction of sp³-hybridized carbons (Fsp3) is 0. The summed E-state index contributed by atoms with van der Waals surface area (Å²) in [6.45, 7) is 0. The molecule has 0 aliphatic heterocycles. The third kappa shape index (κ3) is 1.83. The molecule has 1 aromatic heterocycles. The fourth-order valence-corrected chi connectivity index (χ4v) is 2.08. The zero-order chi connectivity index (χ0) is 13.4. The number of benzene rings is 2. The smallest absolute Gasteiger partial charge is 0.231 e. The molecule has 0 saturated carbocycles. The predicted octanol–water partition coefficient (Wildman–Crippen LogP) is 2.61. The van der Waals surface area contributed by atoms with Crippen LogP contribution in [-0.2, 0) is 0 Å². The second kappa shape index (κ2) is 4.17. The molecule has 0 bridgehead atoms. The van der Waals surface area contributed by atoms with Gasteiger partial charge in [0.05, 0.1) is 11.2 Å². The van der Waals surface area contributed by atoms with E-state index in [-0.39, 0.29) is 11.5 Å². The number of aromatic amines is 1. The maximum absolute atomic E-state index is 12.1. The third-order valence-corrected chi connectivity index (χ3v) is 3.02. The van der Waals surface area contributed by atoms with Crippen LogP contribution >= 0.6 is 0 Å². The minimum atomic E-state index is -0.451. The minimum absolute atomic E-state index is 0.0628. The lowest BCUT2D eigenvalue weighted by Gasteiger charge is -2.07. The second-order valence-electron chi connectivity index (χ2n) is 4.27. The van der Waals surface area contributed by atoms with E-state index in [1.807, 2.05) is 18.2 Å². The Balaban J connectivity index is 2.38. The Hall–Kier alpha value is -2.75. The van der Waals surface area contributed by atoms with Crippen molar-refractivity contribution in [3.05, 3.63) is 58.8 Å². The van der Waals surface area contributed by atoms with Crippen LogP contribution in [0.4, 0.5) is 0 Å². The largest absolute Gasteiger partial charge is 0.508 e. The van der Waals surface area contributed by atoms with Gasteiger partial charge in [-0.2, -0.15) is 0 Å². The van der Waals surface area contributed by atoms with Gasteiger partial charge in [-0.25, -0.2) is 0 Å². The third-order valence-electron chi connectivity index (χ3n) is 3.02. The van der Waals surface area contributed by atoms with Crippen LogP contribution in [0.2, 0.25) is 0 Å². The van der Waals surface area contributed by atoms with Crippen LogP contribution in [0.15, 0.2) is 53.3 Å². The van der Waals surface area contributed by atoms with Crippen LogP contribution in [-0.4, -0.2) is 15.2 Å². The van der Waals surface area contributed by atoms with Gasteiger partial charge in [0.2, 0.25) is 5.43 Å². The first kappa shape index (κ1) is 11.3. The molecular weight excluding hydrogens is 242 g/mol. The summed E-state index contributed by atoms with van der Waals surface area (Å²) in [5.41, 5.74) is 1.10. The lowest BCUT2D eigenvalue weighted by atomic mass is 10.1. The summed E-state index contributed by atoms with van der Waals surface area (Å²) in [6, 6.07) is 13.4. The zero-order valence-electron chi connectivity index (χ0n) is 9.92. The van der Waals surface area contributed by atoms with E-state index in [9.17, 15) is 15.0 Å². The molecule has 3 N–H and O–H groups in total. The summed E-state index contributed by atoms with van der Waals surface area (Å²) in [6.07, 6.45) is 0. The molecule has 94 valence electrons. The molecule has 0 saturated heterocycles. The van der Waals surface area contributed by atoms with Crippen molar-refractivity contribution in [3.63, 3.8) is 0 Å². The molecule has 4 nitrogen and oxygen atoms in total. The summed E-state index contributed by atoms with van der Waals surface area (Å²) >= 11 is 0. The highest BCUT2D eigenvalue weighted by Gasteiger charge is 2.12. The number of phenols is 1. The maximum Gasteiger partial charge on any atom is 0.231 e. The minimum Gasteiger partial charge on any atom is -0.508 e. The molecule has 4 heteroatoms. The van der Waals surface area contributed by atoms with E-state index in [1.165, 1.54) is 18.2 Å². The van der Waals surface area contributed by atoms with Gasteiger partial charge in [-0.05, 0) is 12.1 Å². The van der Waals surface area contributed by atoms with E-state index in [0.717, 1.165) is 0 Å². The van der Waals surface area contributed by atoms with E-state index < -0.39 is 5.43 Å². The molecule has 1 heterocycles. The molecule has 0 amide bonds. The molecule has 3 aromatic rings. The van der Waals surface area contributed by atoms with E-state index in [1.54, 1.807) is 12.1 Å². The Bertz CT molecular complexity index is 807. The molecule has 0 aliphatic carbocycles. The molecule has 0 spiro atoms. The van der Waals surface area contributed by atoms with E-state index in [4.69, 9.17) is 0 Å². The van der Waals surface area contributed by atoms with Gasteiger partial charge in [-0.3, -0.25) is 4.79 Å². The lowest BCUT2D eigenvalue weighted by Crippen LogP contribution is -2.04. The van der Waals surface area contributed by atoms with Crippen molar-refractivity contribution >= 4 is 10.9 Å². The summed E-state index contributed by atoms with van der Waals surface area (Å²) < 4.78 is 0. The number of phenolic OH excluding ortho intramolecular Hbond substituents is 1. The highest BCUT2D eigenvalue weighted by Crippen LogP contribution is 2.27. The van der Waals surface area contributed by atoms with Gasteiger partial charge in [0.1, 0.15) is 5.75 Å². The van der Waals surface area contributed by atoms with Crippen LogP contribution in [0.3, 0.4) is 0 Å². The second-order valence-corrected chi connectivity index (χ2v) is 4.27. The van der Waals surface area contributed by atoms with Crippen molar-refractivity contribution in [2.24, 2.45) is 0 Å².